The van der Waals surface area contributed by atoms with Gasteiger partial charge in [0.2, 0.25) is 11.8 Å². The number of carbonyl (C=O) groups excluding carboxylic acids is 4. The van der Waals surface area contributed by atoms with Crippen LogP contribution in [0.2, 0.25) is 0 Å². The maximum atomic E-state index is 13.1. The monoisotopic (exact) mass is 384 g/mol. The average Bonchev–Trinajstić information content (AvgIpc) is 2.97. The highest BCUT2D eigenvalue weighted by molar-refractivity contribution is 6.06. The molecule has 2 N–H and O–H groups in total. The van der Waals surface area contributed by atoms with E-state index in [-0.39, 0.29) is 42.8 Å². The van der Waals surface area contributed by atoms with Gasteiger partial charge in [-0.15, -0.1) is 0 Å². The molecular formula is C20H24N4O4. The third-order valence-corrected chi connectivity index (χ3v) is 5.83. The Bertz CT molecular complexity index is 858. The molecule has 3 aliphatic rings. The normalized spacial score (nSPS) is 27.6. The first-order chi connectivity index (χ1) is 13.4. The SMILES string of the molecule is C[C@@H]1CNC[C@H](C)N1C(=O)c1ccc2c(c1)CN(C1CCC(=O)NC1=O)C2=O. The van der Waals surface area contributed by atoms with E-state index in [0.717, 1.165) is 18.7 Å². The van der Waals surface area contributed by atoms with Gasteiger partial charge < -0.3 is 15.1 Å². The lowest BCUT2D eigenvalue weighted by Gasteiger charge is -2.39. The molecule has 3 heterocycles. The number of rotatable bonds is 2. The molecule has 2 fully saturated rings. The van der Waals surface area contributed by atoms with Gasteiger partial charge in [-0.2, -0.15) is 0 Å². The zero-order valence-corrected chi connectivity index (χ0v) is 16.0. The molecule has 8 nitrogen and oxygen atoms in total. The topological polar surface area (TPSA) is 98.8 Å². The summed E-state index contributed by atoms with van der Waals surface area (Å²) >= 11 is 0. The van der Waals surface area contributed by atoms with Gasteiger partial charge in [-0.05, 0) is 44.0 Å². The first-order valence-corrected chi connectivity index (χ1v) is 9.67. The van der Waals surface area contributed by atoms with Crippen molar-refractivity contribution < 1.29 is 19.2 Å². The number of hydrogen-bond donors (Lipinski definition) is 2. The second-order valence-corrected chi connectivity index (χ2v) is 7.84. The number of benzene rings is 1. The van der Waals surface area contributed by atoms with E-state index < -0.39 is 11.9 Å². The van der Waals surface area contributed by atoms with Gasteiger partial charge in [-0.25, -0.2) is 0 Å². The molecule has 0 radical (unpaired) electrons. The van der Waals surface area contributed by atoms with E-state index in [1.165, 1.54) is 4.90 Å². The van der Waals surface area contributed by atoms with Gasteiger partial charge in [0.25, 0.3) is 11.8 Å². The fourth-order valence-corrected chi connectivity index (χ4v) is 4.39. The highest BCUT2D eigenvalue weighted by Gasteiger charge is 2.39. The van der Waals surface area contributed by atoms with Crippen molar-refractivity contribution in [3.05, 3.63) is 34.9 Å². The van der Waals surface area contributed by atoms with Crippen LogP contribution in [0.5, 0.6) is 0 Å². The molecule has 0 spiro atoms. The molecule has 2 saturated heterocycles. The summed E-state index contributed by atoms with van der Waals surface area (Å²) in [4.78, 5) is 52.7. The molecule has 0 saturated carbocycles. The first kappa shape index (κ1) is 18.6. The van der Waals surface area contributed by atoms with Crippen molar-refractivity contribution in [3.8, 4) is 0 Å². The van der Waals surface area contributed by atoms with E-state index in [9.17, 15) is 19.2 Å². The number of piperazine rings is 1. The predicted molar refractivity (Wildman–Crippen MR) is 100 cm³/mol. The summed E-state index contributed by atoms with van der Waals surface area (Å²) in [6, 6.07) is 4.66. The summed E-state index contributed by atoms with van der Waals surface area (Å²) in [5, 5.41) is 5.61. The Morgan fingerprint density at radius 3 is 2.50 bits per heavy atom. The molecule has 28 heavy (non-hydrogen) atoms. The summed E-state index contributed by atoms with van der Waals surface area (Å²) in [5.41, 5.74) is 1.82. The van der Waals surface area contributed by atoms with Crippen LogP contribution in [0.15, 0.2) is 18.2 Å². The van der Waals surface area contributed by atoms with Gasteiger partial charge in [-0.3, -0.25) is 24.5 Å². The molecule has 0 aliphatic carbocycles. The van der Waals surface area contributed by atoms with E-state index in [2.05, 4.69) is 10.6 Å². The van der Waals surface area contributed by atoms with Crippen LogP contribution in [0.1, 0.15) is 53.0 Å². The number of fused-ring (bicyclic) bond motifs is 1. The minimum absolute atomic E-state index is 0.0452. The molecule has 1 aromatic carbocycles. The van der Waals surface area contributed by atoms with Gasteiger partial charge in [0.15, 0.2) is 0 Å². The number of nitrogens with zero attached hydrogens (tertiary/aromatic N) is 2. The Morgan fingerprint density at radius 2 is 1.82 bits per heavy atom. The van der Waals surface area contributed by atoms with Crippen LogP contribution in [0.25, 0.3) is 0 Å². The molecule has 3 atom stereocenters. The largest absolute Gasteiger partial charge is 0.331 e. The Morgan fingerprint density at radius 1 is 1.11 bits per heavy atom. The van der Waals surface area contributed by atoms with Gasteiger partial charge >= 0.3 is 0 Å². The van der Waals surface area contributed by atoms with Crippen LogP contribution in [-0.2, 0) is 16.1 Å². The fraction of sp³-hybridized carbons (Fsp3) is 0.500. The smallest absolute Gasteiger partial charge is 0.255 e. The summed E-state index contributed by atoms with van der Waals surface area (Å²) in [5.74, 6) is -1.02. The lowest BCUT2D eigenvalue weighted by atomic mass is 10.0. The predicted octanol–water partition coefficient (Wildman–Crippen LogP) is 0.270. The Kier molecular flexibility index (Phi) is 4.66. The highest BCUT2D eigenvalue weighted by Crippen LogP contribution is 2.29. The van der Waals surface area contributed by atoms with Crippen molar-refractivity contribution in [2.45, 2.75) is 51.4 Å². The molecule has 1 unspecified atom stereocenters. The highest BCUT2D eigenvalue weighted by atomic mass is 16.2. The van der Waals surface area contributed by atoms with Crippen molar-refractivity contribution >= 4 is 23.6 Å². The van der Waals surface area contributed by atoms with Crippen molar-refractivity contribution in [1.29, 1.82) is 0 Å². The van der Waals surface area contributed by atoms with Crippen LogP contribution in [0.4, 0.5) is 0 Å². The lowest BCUT2D eigenvalue weighted by Crippen LogP contribution is -2.57. The van der Waals surface area contributed by atoms with Crippen LogP contribution in [0.3, 0.4) is 0 Å². The van der Waals surface area contributed by atoms with Gasteiger partial charge in [0.05, 0.1) is 0 Å². The summed E-state index contributed by atoms with van der Waals surface area (Å²) in [6.07, 6.45) is 0.547. The first-order valence-electron chi connectivity index (χ1n) is 9.67. The minimum atomic E-state index is -0.648. The maximum absolute atomic E-state index is 13.1. The van der Waals surface area contributed by atoms with E-state index >= 15 is 0 Å². The number of imide groups is 1. The molecule has 1 aromatic rings. The molecule has 0 bridgehead atoms. The molecule has 148 valence electrons. The number of nitrogens with one attached hydrogen (secondary N) is 2. The molecule has 0 aromatic heterocycles. The van der Waals surface area contributed by atoms with Gasteiger partial charge in [0.1, 0.15) is 6.04 Å². The zero-order chi connectivity index (χ0) is 20.0. The standard InChI is InChI=1S/C20H24N4O4/c1-11-8-21-9-12(2)24(11)19(27)13-3-4-15-14(7-13)10-23(20(15)28)16-5-6-17(25)22-18(16)26/h3-4,7,11-12,16,21H,5-6,8-10H2,1-2H3,(H,22,25,26)/t11-,12+,16?. The summed E-state index contributed by atoms with van der Waals surface area (Å²) in [6.45, 7) is 5.81. The van der Waals surface area contributed by atoms with Crippen molar-refractivity contribution in [2.75, 3.05) is 13.1 Å². The van der Waals surface area contributed by atoms with Gasteiger partial charge in [0, 0.05) is 49.3 Å². The Balaban J connectivity index is 1.56. The second-order valence-electron chi connectivity index (χ2n) is 7.84. The minimum Gasteiger partial charge on any atom is -0.331 e. The Labute approximate surface area is 163 Å². The summed E-state index contributed by atoms with van der Waals surface area (Å²) in [7, 11) is 0. The second kappa shape index (κ2) is 7.01. The van der Waals surface area contributed by atoms with Crippen molar-refractivity contribution in [1.82, 2.24) is 20.4 Å². The van der Waals surface area contributed by atoms with Crippen LogP contribution < -0.4 is 10.6 Å². The van der Waals surface area contributed by atoms with Crippen molar-refractivity contribution in [3.63, 3.8) is 0 Å². The van der Waals surface area contributed by atoms with Crippen LogP contribution in [0, 0.1) is 0 Å². The number of hydrogen-bond acceptors (Lipinski definition) is 5. The van der Waals surface area contributed by atoms with Crippen LogP contribution in [-0.4, -0.2) is 64.6 Å². The number of carbonyl (C=O) groups is 4. The van der Waals surface area contributed by atoms with E-state index in [0.29, 0.717) is 17.5 Å². The lowest BCUT2D eigenvalue weighted by molar-refractivity contribution is -0.136. The molecule has 4 rings (SSSR count). The molecular weight excluding hydrogens is 360 g/mol. The Hall–Kier alpha value is -2.74. The van der Waals surface area contributed by atoms with E-state index in [1.54, 1.807) is 18.2 Å². The van der Waals surface area contributed by atoms with E-state index in [4.69, 9.17) is 0 Å². The average molecular weight is 384 g/mol. The summed E-state index contributed by atoms with van der Waals surface area (Å²) < 4.78 is 0. The van der Waals surface area contributed by atoms with Crippen molar-refractivity contribution in [2.24, 2.45) is 0 Å². The van der Waals surface area contributed by atoms with Crippen LogP contribution >= 0.6 is 0 Å². The van der Waals surface area contributed by atoms with E-state index in [1.807, 2.05) is 18.7 Å². The number of piperidine rings is 1. The molecule has 3 aliphatic heterocycles. The zero-order valence-electron chi connectivity index (χ0n) is 16.0. The quantitative estimate of drug-likeness (QED) is 0.713. The third-order valence-electron chi connectivity index (χ3n) is 5.83. The molecule has 8 heteroatoms. The fourth-order valence-electron chi connectivity index (χ4n) is 4.39. The third kappa shape index (κ3) is 3.07. The number of amides is 4. The van der Waals surface area contributed by atoms with Gasteiger partial charge in [-0.1, -0.05) is 0 Å². The molecule has 4 amide bonds. The maximum Gasteiger partial charge on any atom is 0.255 e.